The van der Waals surface area contributed by atoms with Crippen molar-refractivity contribution in [3.8, 4) is 11.4 Å². The van der Waals surface area contributed by atoms with E-state index in [2.05, 4.69) is 15.0 Å². The van der Waals surface area contributed by atoms with Crippen LogP contribution in [0, 0.1) is 6.92 Å². The molecule has 0 fully saturated rings. The number of carbonyl (C=O) groups is 1. The number of hydrogen-bond acceptors (Lipinski definition) is 5. The molecule has 0 aliphatic heterocycles. The third kappa shape index (κ3) is 2.88. The van der Waals surface area contributed by atoms with E-state index in [1.165, 1.54) is 0 Å². The van der Waals surface area contributed by atoms with Gasteiger partial charge in [0.05, 0.1) is 6.61 Å². The number of pyridine rings is 1. The Labute approximate surface area is 115 Å². The second-order valence-corrected chi connectivity index (χ2v) is 4.13. The maximum absolute atomic E-state index is 11.8. The van der Waals surface area contributed by atoms with Crippen LogP contribution in [-0.4, -0.2) is 27.5 Å². The Hall–Kier alpha value is -2.01. The smallest absolute Gasteiger partial charge is 0.357 e. The SMILES string of the molecule is CCOC(=O)c1nc(-c2ccncc2)nc(Cl)c1C. The summed E-state index contributed by atoms with van der Waals surface area (Å²) in [5.41, 5.74) is 1.44. The van der Waals surface area contributed by atoms with E-state index < -0.39 is 5.97 Å². The molecule has 0 aromatic carbocycles. The average molecular weight is 278 g/mol. The standard InChI is InChI=1S/C13H12ClN3O2/c1-3-19-13(18)10-8(2)11(14)17-12(16-10)9-4-6-15-7-5-9/h4-7H,3H2,1-2H3. The summed E-state index contributed by atoms with van der Waals surface area (Å²) in [6.45, 7) is 3.70. The minimum Gasteiger partial charge on any atom is -0.461 e. The van der Waals surface area contributed by atoms with Gasteiger partial charge >= 0.3 is 5.97 Å². The summed E-state index contributed by atoms with van der Waals surface area (Å²) in [7, 11) is 0. The van der Waals surface area contributed by atoms with E-state index in [9.17, 15) is 4.79 Å². The van der Waals surface area contributed by atoms with Gasteiger partial charge in [0.15, 0.2) is 11.5 Å². The lowest BCUT2D eigenvalue weighted by atomic mass is 10.2. The predicted molar refractivity (Wildman–Crippen MR) is 71.0 cm³/mol. The summed E-state index contributed by atoms with van der Waals surface area (Å²) in [5.74, 6) is -0.124. The van der Waals surface area contributed by atoms with Crippen molar-refractivity contribution in [2.24, 2.45) is 0 Å². The van der Waals surface area contributed by atoms with Crippen LogP contribution < -0.4 is 0 Å². The Balaban J connectivity index is 2.51. The van der Waals surface area contributed by atoms with Gasteiger partial charge in [0.1, 0.15) is 5.15 Å². The fraction of sp³-hybridized carbons (Fsp3) is 0.231. The number of halogens is 1. The zero-order chi connectivity index (χ0) is 13.8. The van der Waals surface area contributed by atoms with Crippen LogP contribution in [0.3, 0.4) is 0 Å². The van der Waals surface area contributed by atoms with Crippen molar-refractivity contribution in [3.05, 3.63) is 40.9 Å². The average Bonchev–Trinajstić information content (AvgIpc) is 2.43. The molecule has 2 aromatic heterocycles. The second-order valence-electron chi connectivity index (χ2n) is 3.77. The summed E-state index contributed by atoms with van der Waals surface area (Å²) in [6.07, 6.45) is 3.24. The van der Waals surface area contributed by atoms with Crippen LogP contribution in [0.5, 0.6) is 0 Å². The van der Waals surface area contributed by atoms with Crippen LogP contribution in [-0.2, 0) is 4.74 Å². The quantitative estimate of drug-likeness (QED) is 0.637. The van der Waals surface area contributed by atoms with Crippen LogP contribution in [0.4, 0.5) is 0 Å². The fourth-order valence-electron chi connectivity index (χ4n) is 1.52. The molecule has 19 heavy (non-hydrogen) atoms. The minimum absolute atomic E-state index is 0.189. The molecule has 0 unspecified atom stereocenters. The van der Waals surface area contributed by atoms with Crippen molar-refractivity contribution in [2.75, 3.05) is 6.61 Å². The Bertz CT molecular complexity index is 602. The Morgan fingerprint density at radius 3 is 2.63 bits per heavy atom. The summed E-state index contributed by atoms with van der Waals surface area (Å²) >= 11 is 6.04. The predicted octanol–water partition coefficient (Wildman–Crippen LogP) is 2.68. The molecule has 2 aromatic rings. The normalized spacial score (nSPS) is 10.3. The number of aromatic nitrogens is 3. The van der Waals surface area contributed by atoms with Crippen molar-refractivity contribution in [1.82, 2.24) is 15.0 Å². The van der Waals surface area contributed by atoms with E-state index in [0.717, 1.165) is 5.56 Å². The molecule has 2 heterocycles. The van der Waals surface area contributed by atoms with Gasteiger partial charge in [0, 0.05) is 23.5 Å². The molecule has 0 atom stereocenters. The first-order valence-electron chi connectivity index (χ1n) is 5.75. The van der Waals surface area contributed by atoms with Gasteiger partial charge in [0.2, 0.25) is 0 Å². The lowest BCUT2D eigenvalue weighted by Crippen LogP contribution is -2.11. The van der Waals surface area contributed by atoms with Crippen molar-refractivity contribution in [2.45, 2.75) is 13.8 Å². The molecular formula is C13H12ClN3O2. The molecule has 0 spiro atoms. The Kier molecular flexibility index (Phi) is 4.06. The molecule has 2 rings (SSSR count). The van der Waals surface area contributed by atoms with Crippen LogP contribution >= 0.6 is 11.6 Å². The maximum atomic E-state index is 11.8. The Morgan fingerprint density at radius 1 is 1.32 bits per heavy atom. The molecular weight excluding hydrogens is 266 g/mol. The molecule has 0 bridgehead atoms. The number of nitrogens with zero attached hydrogens (tertiary/aromatic N) is 3. The van der Waals surface area contributed by atoms with Gasteiger partial charge in [-0.2, -0.15) is 0 Å². The van der Waals surface area contributed by atoms with Gasteiger partial charge in [-0.1, -0.05) is 11.6 Å². The molecule has 5 nitrogen and oxygen atoms in total. The summed E-state index contributed by atoms with van der Waals surface area (Å²) < 4.78 is 4.95. The highest BCUT2D eigenvalue weighted by Gasteiger charge is 2.17. The van der Waals surface area contributed by atoms with Crippen LogP contribution in [0.1, 0.15) is 23.0 Å². The van der Waals surface area contributed by atoms with Crippen molar-refractivity contribution >= 4 is 17.6 Å². The topological polar surface area (TPSA) is 65.0 Å². The molecule has 0 amide bonds. The molecule has 0 N–H and O–H groups in total. The van der Waals surface area contributed by atoms with Gasteiger partial charge in [-0.25, -0.2) is 14.8 Å². The van der Waals surface area contributed by atoms with Gasteiger partial charge < -0.3 is 4.74 Å². The van der Waals surface area contributed by atoms with E-state index in [1.54, 1.807) is 38.4 Å². The third-order valence-corrected chi connectivity index (χ3v) is 2.86. The van der Waals surface area contributed by atoms with Gasteiger partial charge in [-0.05, 0) is 26.0 Å². The van der Waals surface area contributed by atoms with E-state index in [1.807, 2.05) is 0 Å². The summed E-state index contributed by atoms with van der Waals surface area (Å²) in [5, 5.41) is 0.241. The minimum atomic E-state index is -0.500. The van der Waals surface area contributed by atoms with Gasteiger partial charge in [0.25, 0.3) is 0 Å². The summed E-state index contributed by atoms with van der Waals surface area (Å²) in [6, 6.07) is 3.49. The number of carbonyl (C=O) groups excluding carboxylic acids is 1. The van der Waals surface area contributed by atoms with Crippen molar-refractivity contribution in [3.63, 3.8) is 0 Å². The highest BCUT2D eigenvalue weighted by atomic mass is 35.5. The molecule has 0 saturated heterocycles. The van der Waals surface area contributed by atoms with Crippen LogP contribution in [0.25, 0.3) is 11.4 Å². The largest absolute Gasteiger partial charge is 0.461 e. The monoisotopic (exact) mass is 277 g/mol. The highest BCUT2D eigenvalue weighted by molar-refractivity contribution is 6.30. The Morgan fingerprint density at radius 2 is 2.00 bits per heavy atom. The first-order valence-corrected chi connectivity index (χ1v) is 6.13. The number of ether oxygens (including phenoxy) is 1. The molecule has 0 aliphatic rings. The zero-order valence-electron chi connectivity index (χ0n) is 10.6. The molecule has 0 aliphatic carbocycles. The summed E-state index contributed by atoms with van der Waals surface area (Å²) in [4.78, 5) is 24.1. The van der Waals surface area contributed by atoms with E-state index >= 15 is 0 Å². The molecule has 6 heteroatoms. The van der Waals surface area contributed by atoms with E-state index in [-0.39, 0.29) is 17.5 Å². The van der Waals surface area contributed by atoms with E-state index in [0.29, 0.717) is 11.4 Å². The zero-order valence-corrected chi connectivity index (χ0v) is 11.3. The molecule has 98 valence electrons. The first kappa shape index (κ1) is 13.4. The number of hydrogen-bond donors (Lipinski definition) is 0. The second kappa shape index (κ2) is 5.75. The fourth-order valence-corrected chi connectivity index (χ4v) is 1.69. The van der Waals surface area contributed by atoms with Gasteiger partial charge in [-0.15, -0.1) is 0 Å². The van der Waals surface area contributed by atoms with Crippen LogP contribution in [0.2, 0.25) is 5.15 Å². The highest BCUT2D eigenvalue weighted by Crippen LogP contribution is 2.21. The van der Waals surface area contributed by atoms with Crippen molar-refractivity contribution < 1.29 is 9.53 Å². The lowest BCUT2D eigenvalue weighted by Gasteiger charge is -2.08. The number of rotatable bonds is 3. The number of esters is 1. The van der Waals surface area contributed by atoms with Gasteiger partial charge in [-0.3, -0.25) is 4.98 Å². The third-order valence-electron chi connectivity index (χ3n) is 2.49. The lowest BCUT2D eigenvalue weighted by molar-refractivity contribution is 0.0518. The molecule has 0 radical (unpaired) electrons. The molecule has 0 saturated carbocycles. The maximum Gasteiger partial charge on any atom is 0.357 e. The first-order chi connectivity index (χ1) is 9.13. The van der Waals surface area contributed by atoms with Crippen molar-refractivity contribution in [1.29, 1.82) is 0 Å². The van der Waals surface area contributed by atoms with E-state index in [4.69, 9.17) is 16.3 Å². The van der Waals surface area contributed by atoms with Crippen LogP contribution in [0.15, 0.2) is 24.5 Å².